The number of amides is 1. The summed E-state index contributed by atoms with van der Waals surface area (Å²) < 4.78 is 0. The zero-order chi connectivity index (χ0) is 15.1. The molecule has 0 saturated carbocycles. The van der Waals surface area contributed by atoms with Gasteiger partial charge in [0.05, 0.1) is 0 Å². The molecule has 1 aromatic rings. The van der Waals surface area contributed by atoms with E-state index in [1.807, 2.05) is 13.8 Å². The second kappa shape index (κ2) is 8.06. The molecule has 1 amide bonds. The summed E-state index contributed by atoms with van der Waals surface area (Å²) in [5.74, 6) is 0.271. The number of aromatic nitrogens is 1. The normalized spacial score (nSPS) is 12.4. The van der Waals surface area contributed by atoms with Gasteiger partial charge in [-0.3, -0.25) is 4.79 Å². The molecule has 0 spiro atoms. The molecule has 20 heavy (non-hydrogen) atoms. The van der Waals surface area contributed by atoms with Crippen LogP contribution in [-0.4, -0.2) is 35.2 Å². The molecule has 0 fully saturated rings. The molecule has 1 heterocycles. The molecular weight excluding hydrogens is 276 g/mol. The molecule has 0 aromatic carbocycles. The van der Waals surface area contributed by atoms with Gasteiger partial charge in [0, 0.05) is 19.2 Å². The second-order valence-electron chi connectivity index (χ2n) is 5.00. The van der Waals surface area contributed by atoms with E-state index in [9.17, 15) is 4.79 Å². The number of aliphatic hydroxyl groups is 1. The van der Waals surface area contributed by atoms with Crippen LogP contribution in [0.2, 0.25) is 0 Å². The number of nitrogen functional groups attached to an aromatic ring is 1. The van der Waals surface area contributed by atoms with Crippen LogP contribution >= 0.6 is 11.3 Å². The van der Waals surface area contributed by atoms with Crippen molar-refractivity contribution in [2.75, 3.05) is 24.2 Å². The van der Waals surface area contributed by atoms with Crippen molar-refractivity contribution in [2.45, 2.75) is 39.7 Å². The number of hydrogen-bond donors (Lipinski definition) is 4. The maximum Gasteiger partial charge on any atom is 0.265 e. The first-order valence-electron chi connectivity index (χ1n) is 6.91. The van der Waals surface area contributed by atoms with Gasteiger partial charge in [-0.2, -0.15) is 0 Å². The molecule has 0 bridgehead atoms. The van der Waals surface area contributed by atoms with Crippen molar-refractivity contribution in [1.29, 1.82) is 0 Å². The highest BCUT2D eigenvalue weighted by Gasteiger charge is 2.21. The Morgan fingerprint density at radius 2 is 2.20 bits per heavy atom. The second-order valence-corrected chi connectivity index (χ2v) is 6.00. The van der Waals surface area contributed by atoms with Crippen LogP contribution < -0.4 is 16.4 Å². The van der Waals surface area contributed by atoms with E-state index in [1.165, 1.54) is 11.3 Å². The van der Waals surface area contributed by atoms with Crippen LogP contribution in [0.15, 0.2) is 0 Å². The van der Waals surface area contributed by atoms with Gasteiger partial charge in [-0.05, 0) is 18.8 Å². The van der Waals surface area contributed by atoms with E-state index in [2.05, 4.69) is 22.5 Å². The van der Waals surface area contributed by atoms with Crippen LogP contribution in [0.25, 0.3) is 0 Å². The smallest absolute Gasteiger partial charge is 0.265 e. The number of anilines is 2. The Kier molecular flexibility index (Phi) is 6.74. The van der Waals surface area contributed by atoms with E-state index in [1.54, 1.807) is 0 Å². The number of carbonyl (C=O) groups is 1. The first-order valence-corrected chi connectivity index (χ1v) is 7.73. The minimum absolute atomic E-state index is 0.0462. The highest BCUT2D eigenvalue weighted by molar-refractivity contribution is 7.18. The summed E-state index contributed by atoms with van der Waals surface area (Å²) in [6, 6.07) is -0.0685. The highest BCUT2D eigenvalue weighted by Crippen LogP contribution is 2.25. The van der Waals surface area contributed by atoms with Gasteiger partial charge in [-0.1, -0.05) is 32.1 Å². The molecule has 0 radical (unpaired) electrons. The predicted octanol–water partition coefficient (Wildman–Crippen LogP) is 1.68. The predicted molar refractivity (Wildman–Crippen MR) is 83.1 cm³/mol. The van der Waals surface area contributed by atoms with Gasteiger partial charge in [-0.25, -0.2) is 4.98 Å². The first kappa shape index (κ1) is 16.7. The number of nitrogens with one attached hydrogen (secondary N) is 2. The molecule has 6 nitrogen and oxygen atoms in total. The van der Waals surface area contributed by atoms with E-state index in [0.717, 1.165) is 13.0 Å². The van der Waals surface area contributed by atoms with Gasteiger partial charge in [0.1, 0.15) is 10.7 Å². The lowest BCUT2D eigenvalue weighted by Gasteiger charge is -2.21. The van der Waals surface area contributed by atoms with Crippen LogP contribution in [0, 0.1) is 5.92 Å². The van der Waals surface area contributed by atoms with Crippen molar-refractivity contribution in [2.24, 2.45) is 5.92 Å². The zero-order valence-corrected chi connectivity index (χ0v) is 13.1. The lowest BCUT2D eigenvalue weighted by molar-refractivity contribution is 0.0921. The summed E-state index contributed by atoms with van der Waals surface area (Å²) in [6.45, 7) is 6.91. The quantitative estimate of drug-likeness (QED) is 0.585. The zero-order valence-electron chi connectivity index (χ0n) is 12.3. The van der Waals surface area contributed by atoms with Gasteiger partial charge in [0.2, 0.25) is 0 Å². The van der Waals surface area contributed by atoms with Crippen LogP contribution in [0.3, 0.4) is 0 Å². The Morgan fingerprint density at radius 3 is 2.75 bits per heavy atom. The van der Waals surface area contributed by atoms with Crippen LogP contribution in [-0.2, 0) is 0 Å². The largest absolute Gasteiger partial charge is 0.396 e. The minimum atomic E-state index is -0.225. The summed E-state index contributed by atoms with van der Waals surface area (Å²) in [6.07, 6.45) is 1.51. The standard InChI is InChI=1S/C13H24N4O2S/c1-4-6-15-13-17-11(14)10(20-13)12(19)16-9(5-7-18)8(2)3/h8-9,18H,4-7,14H2,1-3H3,(H,15,17)(H,16,19). The lowest BCUT2D eigenvalue weighted by atomic mass is 10.0. The van der Waals surface area contributed by atoms with Crippen LogP contribution in [0.4, 0.5) is 10.9 Å². The fourth-order valence-electron chi connectivity index (χ4n) is 1.75. The van der Waals surface area contributed by atoms with Crippen molar-refractivity contribution in [3.05, 3.63) is 4.88 Å². The Balaban J connectivity index is 2.73. The summed E-state index contributed by atoms with van der Waals surface area (Å²) >= 11 is 1.26. The molecule has 1 unspecified atom stereocenters. The third-order valence-corrected chi connectivity index (χ3v) is 3.97. The number of nitrogens with zero attached hydrogens (tertiary/aromatic N) is 1. The summed E-state index contributed by atoms with van der Waals surface area (Å²) in [7, 11) is 0. The Labute approximate surface area is 123 Å². The third-order valence-electron chi connectivity index (χ3n) is 2.95. The Morgan fingerprint density at radius 1 is 1.50 bits per heavy atom. The summed E-state index contributed by atoms with van der Waals surface area (Å²) in [4.78, 5) is 16.8. The fourth-order valence-corrected chi connectivity index (χ4v) is 2.56. The molecule has 0 aliphatic rings. The number of aliphatic hydroxyl groups excluding tert-OH is 1. The summed E-state index contributed by atoms with van der Waals surface area (Å²) in [5.41, 5.74) is 5.79. The molecule has 1 aromatic heterocycles. The Bertz CT molecular complexity index is 434. The van der Waals surface area contributed by atoms with Gasteiger partial charge in [0.15, 0.2) is 5.13 Å². The van der Waals surface area contributed by atoms with Gasteiger partial charge in [0.25, 0.3) is 5.91 Å². The van der Waals surface area contributed by atoms with Gasteiger partial charge in [-0.15, -0.1) is 0 Å². The molecule has 0 aliphatic carbocycles. The van der Waals surface area contributed by atoms with E-state index in [4.69, 9.17) is 10.8 Å². The maximum atomic E-state index is 12.2. The van der Waals surface area contributed by atoms with Crippen molar-refractivity contribution in [3.63, 3.8) is 0 Å². The number of nitrogens with two attached hydrogens (primary N) is 1. The van der Waals surface area contributed by atoms with Crippen molar-refractivity contribution in [3.8, 4) is 0 Å². The van der Waals surface area contributed by atoms with E-state index < -0.39 is 0 Å². The van der Waals surface area contributed by atoms with E-state index in [-0.39, 0.29) is 30.3 Å². The molecule has 1 rings (SSSR count). The molecule has 1 atom stereocenters. The average molecular weight is 300 g/mol. The maximum absolute atomic E-state index is 12.2. The average Bonchev–Trinajstić information content (AvgIpc) is 2.77. The first-order chi connectivity index (χ1) is 9.49. The molecule has 0 aliphatic heterocycles. The van der Waals surface area contributed by atoms with Crippen LogP contribution in [0.1, 0.15) is 43.3 Å². The van der Waals surface area contributed by atoms with Gasteiger partial charge < -0.3 is 21.5 Å². The van der Waals surface area contributed by atoms with E-state index in [0.29, 0.717) is 16.4 Å². The van der Waals surface area contributed by atoms with Gasteiger partial charge >= 0.3 is 0 Å². The SMILES string of the molecule is CCCNc1nc(N)c(C(=O)NC(CCO)C(C)C)s1. The summed E-state index contributed by atoms with van der Waals surface area (Å²) in [5, 5.41) is 15.7. The van der Waals surface area contributed by atoms with Crippen molar-refractivity contribution < 1.29 is 9.90 Å². The molecule has 5 N–H and O–H groups in total. The van der Waals surface area contributed by atoms with Crippen LogP contribution in [0.5, 0.6) is 0 Å². The molecule has 114 valence electrons. The molecule has 0 saturated heterocycles. The molecule has 7 heteroatoms. The Hall–Kier alpha value is -1.34. The van der Waals surface area contributed by atoms with Crippen molar-refractivity contribution >= 4 is 28.2 Å². The minimum Gasteiger partial charge on any atom is -0.396 e. The number of carbonyl (C=O) groups excluding carboxylic acids is 1. The number of rotatable bonds is 8. The van der Waals surface area contributed by atoms with E-state index >= 15 is 0 Å². The topological polar surface area (TPSA) is 100 Å². The van der Waals surface area contributed by atoms with Crippen molar-refractivity contribution in [1.82, 2.24) is 10.3 Å². The monoisotopic (exact) mass is 300 g/mol. The fraction of sp³-hybridized carbons (Fsp3) is 0.692. The number of thiazole rings is 1. The molecular formula is C13H24N4O2S. The highest BCUT2D eigenvalue weighted by atomic mass is 32.1. The lowest BCUT2D eigenvalue weighted by Crippen LogP contribution is -2.39. The number of hydrogen-bond acceptors (Lipinski definition) is 6. The third kappa shape index (κ3) is 4.64.